The maximum atomic E-state index is 12.0. The lowest BCUT2D eigenvalue weighted by atomic mass is 9.94. The van der Waals surface area contributed by atoms with Gasteiger partial charge >= 0.3 is 5.97 Å². The maximum absolute atomic E-state index is 12.0. The number of carbonyl (C=O) groups is 3. The van der Waals surface area contributed by atoms with E-state index in [0.717, 1.165) is 5.39 Å². The Morgan fingerprint density at radius 2 is 1.95 bits per heavy atom. The molecule has 0 radical (unpaired) electrons. The largest absolute Gasteiger partial charge is 0.425 e. The predicted octanol–water partition coefficient (Wildman–Crippen LogP) is 2.02. The third kappa shape index (κ3) is 1.89. The van der Waals surface area contributed by atoms with E-state index in [2.05, 4.69) is 21.2 Å². The lowest BCUT2D eigenvalue weighted by molar-refractivity contribution is -0.131. The van der Waals surface area contributed by atoms with Crippen LogP contribution in [0.1, 0.15) is 20.7 Å². The van der Waals surface area contributed by atoms with Crippen LogP contribution in [0.4, 0.5) is 0 Å². The lowest BCUT2D eigenvalue weighted by Gasteiger charge is -2.18. The quantitative estimate of drug-likeness (QED) is 0.395. The molecule has 2 aromatic carbocycles. The van der Waals surface area contributed by atoms with Crippen molar-refractivity contribution in [2.24, 2.45) is 0 Å². The molecule has 2 aromatic rings. The zero-order chi connectivity index (χ0) is 14.3. The Morgan fingerprint density at radius 1 is 1.15 bits per heavy atom. The molecule has 1 heterocycles. The van der Waals surface area contributed by atoms with Crippen LogP contribution in [0.3, 0.4) is 0 Å². The molecule has 0 bridgehead atoms. The van der Waals surface area contributed by atoms with E-state index in [1.165, 1.54) is 0 Å². The molecule has 0 saturated carbocycles. The summed E-state index contributed by atoms with van der Waals surface area (Å²) in [5.74, 6) is -1.36. The standard InChI is InChI=1S/C14H8BrNO4/c15-6-10(17)20-9-5-4-7-2-1-3-8-11(7)12(9)14(19)16-13(8)18/h1-5H,6H2,(H,16,18,19). The number of hydrogen-bond acceptors (Lipinski definition) is 4. The number of carbonyl (C=O) groups excluding carboxylic acids is 3. The molecule has 2 amide bonds. The molecule has 0 fully saturated rings. The second-order valence-corrected chi connectivity index (χ2v) is 4.79. The number of halogens is 1. The van der Waals surface area contributed by atoms with Gasteiger partial charge in [0.25, 0.3) is 11.8 Å². The van der Waals surface area contributed by atoms with Gasteiger partial charge in [-0.3, -0.25) is 19.7 Å². The van der Waals surface area contributed by atoms with Crippen molar-refractivity contribution in [2.75, 3.05) is 5.33 Å². The van der Waals surface area contributed by atoms with Crippen molar-refractivity contribution >= 4 is 44.5 Å². The second-order valence-electron chi connectivity index (χ2n) is 4.23. The molecule has 0 atom stereocenters. The Bertz CT molecular complexity index is 769. The number of rotatable bonds is 2. The van der Waals surface area contributed by atoms with Crippen molar-refractivity contribution < 1.29 is 19.1 Å². The molecule has 1 aliphatic rings. The zero-order valence-corrected chi connectivity index (χ0v) is 11.7. The number of nitrogens with one attached hydrogen (secondary N) is 1. The second kappa shape index (κ2) is 4.72. The average Bonchev–Trinajstić information content (AvgIpc) is 2.45. The first-order valence-electron chi connectivity index (χ1n) is 5.80. The van der Waals surface area contributed by atoms with Crippen molar-refractivity contribution in [3.05, 3.63) is 41.5 Å². The number of hydrogen-bond donors (Lipinski definition) is 1. The van der Waals surface area contributed by atoms with Gasteiger partial charge in [-0.1, -0.05) is 34.1 Å². The summed E-state index contributed by atoms with van der Waals surface area (Å²) in [6.45, 7) is 0. The number of imide groups is 1. The third-order valence-corrected chi connectivity index (χ3v) is 3.50. The Hall–Kier alpha value is -2.21. The highest BCUT2D eigenvalue weighted by Gasteiger charge is 2.28. The summed E-state index contributed by atoms with van der Waals surface area (Å²) in [7, 11) is 0. The summed E-state index contributed by atoms with van der Waals surface area (Å²) in [6, 6.07) is 8.43. The summed E-state index contributed by atoms with van der Waals surface area (Å²) in [5.41, 5.74) is 0.612. The Kier molecular flexibility index (Phi) is 3.02. The van der Waals surface area contributed by atoms with Gasteiger partial charge < -0.3 is 4.74 Å². The van der Waals surface area contributed by atoms with Crippen molar-refractivity contribution in [3.63, 3.8) is 0 Å². The average molecular weight is 334 g/mol. The molecule has 6 heteroatoms. The fraction of sp³-hybridized carbons (Fsp3) is 0.0714. The maximum Gasteiger partial charge on any atom is 0.321 e. The molecule has 3 rings (SSSR count). The summed E-state index contributed by atoms with van der Waals surface area (Å²) < 4.78 is 5.13. The SMILES string of the molecule is O=C(CBr)Oc1ccc2cccc3c2c1C(=O)NC3=O. The van der Waals surface area contributed by atoms with Crippen LogP contribution in [0, 0.1) is 0 Å². The first-order chi connectivity index (χ1) is 9.61. The van der Waals surface area contributed by atoms with E-state index in [1.54, 1.807) is 30.3 Å². The van der Waals surface area contributed by atoms with Crippen LogP contribution in [-0.2, 0) is 4.79 Å². The van der Waals surface area contributed by atoms with Gasteiger partial charge in [0, 0.05) is 10.9 Å². The summed E-state index contributed by atoms with van der Waals surface area (Å²) >= 11 is 2.99. The normalized spacial score (nSPS) is 13.2. The molecule has 0 aromatic heterocycles. The van der Waals surface area contributed by atoms with Crippen molar-refractivity contribution in [1.82, 2.24) is 5.32 Å². The van der Waals surface area contributed by atoms with Crippen molar-refractivity contribution in [3.8, 4) is 5.75 Å². The molecule has 0 unspecified atom stereocenters. The van der Waals surface area contributed by atoms with E-state index < -0.39 is 17.8 Å². The minimum atomic E-state index is -0.559. The summed E-state index contributed by atoms with van der Waals surface area (Å²) in [4.78, 5) is 35.3. The van der Waals surface area contributed by atoms with Gasteiger partial charge in [-0.2, -0.15) is 0 Å². The Balaban J connectivity index is 2.31. The summed E-state index contributed by atoms with van der Waals surface area (Å²) in [6.07, 6.45) is 0. The van der Waals surface area contributed by atoms with Crippen LogP contribution in [0.25, 0.3) is 10.8 Å². The highest BCUT2D eigenvalue weighted by atomic mass is 79.9. The van der Waals surface area contributed by atoms with E-state index >= 15 is 0 Å². The summed E-state index contributed by atoms with van der Waals surface area (Å²) in [5, 5.41) is 3.53. The molecule has 0 spiro atoms. The van der Waals surface area contributed by atoms with E-state index in [1.807, 2.05) is 0 Å². The lowest BCUT2D eigenvalue weighted by Crippen LogP contribution is -2.35. The van der Waals surface area contributed by atoms with Gasteiger partial charge in [0.2, 0.25) is 0 Å². The van der Waals surface area contributed by atoms with E-state index in [-0.39, 0.29) is 16.6 Å². The van der Waals surface area contributed by atoms with Crippen LogP contribution in [0.2, 0.25) is 0 Å². The van der Waals surface area contributed by atoms with Crippen LogP contribution in [-0.4, -0.2) is 23.1 Å². The Labute approximate surface area is 122 Å². The highest BCUT2D eigenvalue weighted by Crippen LogP contribution is 2.33. The first kappa shape index (κ1) is 12.8. The number of ether oxygens (including phenoxy) is 1. The molecule has 5 nitrogen and oxygen atoms in total. The minimum absolute atomic E-state index is 0.0205. The van der Waals surface area contributed by atoms with Crippen LogP contribution >= 0.6 is 15.9 Å². The van der Waals surface area contributed by atoms with Gasteiger partial charge in [-0.25, -0.2) is 0 Å². The van der Waals surface area contributed by atoms with E-state index in [9.17, 15) is 14.4 Å². The molecule has 20 heavy (non-hydrogen) atoms. The van der Waals surface area contributed by atoms with Gasteiger partial charge in [0.1, 0.15) is 11.1 Å². The predicted molar refractivity (Wildman–Crippen MR) is 75.2 cm³/mol. The van der Waals surface area contributed by atoms with Gasteiger partial charge in [0.15, 0.2) is 0 Å². The van der Waals surface area contributed by atoms with E-state index in [4.69, 9.17) is 4.74 Å². The molecule has 0 aliphatic carbocycles. The number of alkyl halides is 1. The highest BCUT2D eigenvalue weighted by molar-refractivity contribution is 9.09. The molecule has 0 saturated heterocycles. The smallest absolute Gasteiger partial charge is 0.321 e. The van der Waals surface area contributed by atoms with Crippen LogP contribution in [0.5, 0.6) is 5.75 Å². The van der Waals surface area contributed by atoms with Crippen LogP contribution < -0.4 is 10.1 Å². The van der Waals surface area contributed by atoms with Gasteiger partial charge in [0.05, 0.1) is 5.56 Å². The fourth-order valence-corrected chi connectivity index (χ4v) is 2.36. The number of benzene rings is 2. The minimum Gasteiger partial charge on any atom is -0.425 e. The topological polar surface area (TPSA) is 72.5 Å². The van der Waals surface area contributed by atoms with Crippen LogP contribution in [0.15, 0.2) is 30.3 Å². The first-order valence-corrected chi connectivity index (χ1v) is 6.92. The van der Waals surface area contributed by atoms with Gasteiger partial charge in [-0.05, 0) is 17.5 Å². The molecule has 1 aliphatic heterocycles. The monoisotopic (exact) mass is 333 g/mol. The Morgan fingerprint density at radius 3 is 2.70 bits per heavy atom. The molecule has 1 N–H and O–H groups in total. The number of amides is 2. The third-order valence-electron chi connectivity index (χ3n) is 3.04. The molecule has 100 valence electrons. The fourth-order valence-electron chi connectivity index (χ4n) is 2.24. The molecular formula is C14H8BrNO4. The number of esters is 1. The molecular weight excluding hydrogens is 326 g/mol. The van der Waals surface area contributed by atoms with Crippen molar-refractivity contribution in [1.29, 1.82) is 0 Å². The van der Waals surface area contributed by atoms with Crippen molar-refractivity contribution in [2.45, 2.75) is 0 Å². The van der Waals surface area contributed by atoms with Gasteiger partial charge in [-0.15, -0.1) is 0 Å². The van der Waals surface area contributed by atoms with E-state index in [0.29, 0.717) is 10.9 Å². The zero-order valence-electron chi connectivity index (χ0n) is 10.1.